The van der Waals surface area contributed by atoms with Crippen molar-refractivity contribution in [1.29, 1.82) is 0 Å². The minimum atomic E-state index is 0.141. The summed E-state index contributed by atoms with van der Waals surface area (Å²) in [6, 6.07) is 10.2. The Hall–Kier alpha value is -1.52. The number of aryl methyl sites for hydroxylation is 1. The highest BCUT2D eigenvalue weighted by Crippen LogP contribution is 2.25. The highest BCUT2D eigenvalue weighted by atomic mass is 32.2. The fraction of sp³-hybridized carbons (Fsp3) is 0.312. The van der Waals surface area contributed by atoms with E-state index in [4.69, 9.17) is 10.5 Å². The lowest BCUT2D eigenvalue weighted by molar-refractivity contribution is 0.458. The van der Waals surface area contributed by atoms with Gasteiger partial charge in [-0.15, -0.1) is 11.8 Å². The van der Waals surface area contributed by atoms with E-state index in [1.807, 2.05) is 44.3 Å². The number of thioether (sulfide) groups is 1. The molecule has 0 aliphatic carbocycles. The van der Waals surface area contributed by atoms with Crippen LogP contribution in [0.15, 0.2) is 41.4 Å². The van der Waals surface area contributed by atoms with Gasteiger partial charge in [-0.1, -0.05) is 0 Å². The highest BCUT2D eigenvalue weighted by Gasteiger charge is 2.06. The summed E-state index contributed by atoms with van der Waals surface area (Å²) in [5, 5.41) is 0. The molecule has 1 heterocycles. The molecule has 2 aromatic rings. The predicted octanol–water partition coefficient (Wildman–Crippen LogP) is 3.79. The number of rotatable bonds is 5. The zero-order valence-electron chi connectivity index (χ0n) is 12.1. The number of benzene rings is 1. The van der Waals surface area contributed by atoms with Crippen LogP contribution in [0.3, 0.4) is 0 Å². The van der Waals surface area contributed by atoms with Crippen LogP contribution >= 0.6 is 11.8 Å². The van der Waals surface area contributed by atoms with Crippen molar-refractivity contribution in [3.63, 3.8) is 0 Å². The summed E-state index contributed by atoms with van der Waals surface area (Å²) in [6.45, 7) is 4.00. The fourth-order valence-corrected chi connectivity index (χ4v) is 2.37. The summed E-state index contributed by atoms with van der Waals surface area (Å²) in [5.41, 5.74) is 7.97. The van der Waals surface area contributed by atoms with Crippen LogP contribution in [0.25, 0.3) is 0 Å². The van der Waals surface area contributed by atoms with Gasteiger partial charge in [-0.25, -0.2) is 4.98 Å². The summed E-state index contributed by atoms with van der Waals surface area (Å²) in [5.74, 6) is 1.45. The Morgan fingerprint density at radius 2 is 2.00 bits per heavy atom. The molecule has 2 rings (SSSR count). The van der Waals surface area contributed by atoms with Gasteiger partial charge in [0.1, 0.15) is 5.75 Å². The van der Waals surface area contributed by atoms with Gasteiger partial charge in [-0.2, -0.15) is 0 Å². The van der Waals surface area contributed by atoms with Crippen LogP contribution in [-0.4, -0.2) is 17.3 Å². The Labute approximate surface area is 124 Å². The minimum Gasteiger partial charge on any atom is -0.439 e. The molecule has 4 heteroatoms. The van der Waals surface area contributed by atoms with Crippen molar-refractivity contribution >= 4 is 11.8 Å². The van der Waals surface area contributed by atoms with E-state index in [0.29, 0.717) is 5.88 Å². The van der Waals surface area contributed by atoms with Crippen LogP contribution in [0, 0.1) is 6.92 Å². The Kier molecular flexibility index (Phi) is 5.04. The minimum absolute atomic E-state index is 0.141. The smallest absolute Gasteiger partial charge is 0.222 e. The maximum absolute atomic E-state index is 5.82. The SMILES string of the molecule is CSc1ccc(Oc2ncc(CC(C)N)cc2C)cc1. The summed E-state index contributed by atoms with van der Waals surface area (Å²) >= 11 is 1.71. The third-order valence-electron chi connectivity index (χ3n) is 2.92. The molecule has 1 unspecified atom stereocenters. The van der Waals surface area contributed by atoms with E-state index in [-0.39, 0.29) is 6.04 Å². The van der Waals surface area contributed by atoms with E-state index < -0.39 is 0 Å². The van der Waals surface area contributed by atoms with Gasteiger partial charge in [0.15, 0.2) is 0 Å². The molecule has 0 radical (unpaired) electrons. The van der Waals surface area contributed by atoms with Crippen LogP contribution in [0.5, 0.6) is 11.6 Å². The van der Waals surface area contributed by atoms with Gasteiger partial charge in [0.2, 0.25) is 5.88 Å². The second-order valence-corrected chi connectivity index (χ2v) is 5.80. The largest absolute Gasteiger partial charge is 0.439 e. The number of pyridine rings is 1. The molecule has 0 aliphatic rings. The Morgan fingerprint density at radius 3 is 2.55 bits per heavy atom. The fourth-order valence-electron chi connectivity index (χ4n) is 1.97. The molecule has 1 aromatic carbocycles. The predicted molar refractivity (Wildman–Crippen MR) is 84.6 cm³/mol. The normalized spacial score (nSPS) is 12.2. The molecular formula is C16H20N2OS. The summed E-state index contributed by atoms with van der Waals surface area (Å²) < 4.78 is 5.82. The molecule has 0 saturated heterocycles. The molecule has 1 atom stereocenters. The van der Waals surface area contributed by atoms with Gasteiger partial charge < -0.3 is 10.5 Å². The molecule has 0 spiro atoms. The number of nitrogens with two attached hydrogens (primary N) is 1. The van der Waals surface area contributed by atoms with Crippen LogP contribution in [0.4, 0.5) is 0 Å². The lowest BCUT2D eigenvalue weighted by atomic mass is 10.1. The average Bonchev–Trinajstić information content (AvgIpc) is 2.42. The van der Waals surface area contributed by atoms with E-state index >= 15 is 0 Å². The Balaban J connectivity index is 2.12. The Bertz CT molecular complexity index is 567. The molecule has 2 N–H and O–H groups in total. The van der Waals surface area contributed by atoms with E-state index in [2.05, 4.69) is 17.3 Å². The van der Waals surface area contributed by atoms with E-state index in [0.717, 1.165) is 23.3 Å². The highest BCUT2D eigenvalue weighted by molar-refractivity contribution is 7.98. The second-order valence-electron chi connectivity index (χ2n) is 4.92. The van der Waals surface area contributed by atoms with Crippen molar-refractivity contribution in [2.24, 2.45) is 5.73 Å². The van der Waals surface area contributed by atoms with Gasteiger partial charge in [0.25, 0.3) is 0 Å². The molecule has 3 nitrogen and oxygen atoms in total. The van der Waals surface area contributed by atoms with E-state index in [9.17, 15) is 0 Å². The second kappa shape index (κ2) is 6.77. The van der Waals surface area contributed by atoms with E-state index in [1.165, 1.54) is 4.90 Å². The van der Waals surface area contributed by atoms with Crippen molar-refractivity contribution in [3.8, 4) is 11.6 Å². The first-order valence-corrected chi connectivity index (χ1v) is 7.84. The van der Waals surface area contributed by atoms with Gasteiger partial charge in [-0.3, -0.25) is 0 Å². The molecular weight excluding hydrogens is 268 g/mol. The lowest BCUT2D eigenvalue weighted by Gasteiger charge is -2.10. The van der Waals surface area contributed by atoms with E-state index in [1.54, 1.807) is 11.8 Å². The third kappa shape index (κ3) is 3.99. The van der Waals surface area contributed by atoms with Crippen molar-refractivity contribution < 1.29 is 4.74 Å². The quantitative estimate of drug-likeness (QED) is 0.850. The maximum atomic E-state index is 5.82. The molecule has 20 heavy (non-hydrogen) atoms. The molecule has 0 saturated carbocycles. The maximum Gasteiger partial charge on any atom is 0.222 e. The van der Waals surface area contributed by atoms with Gasteiger partial charge in [-0.05, 0) is 62.4 Å². The third-order valence-corrected chi connectivity index (χ3v) is 3.66. The number of hydrogen-bond donors (Lipinski definition) is 1. The summed E-state index contributed by atoms with van der Waals surface area (Å²) in [4.78, 5) is 5.60. The number of hydrogen-bond acceptors (Lipinski definition) is 4. The number of aromatic nitrogens is 1. The first-order valence-electron chi connectivity index (χ1n) is 6.61. The van der Waals surface area contributed by atoms with Crippen LogP contribution in [-0.2, 0) is 6.42 Å². The average molecular weight is 288 g/mol. The zero-order valence-corrected chi connectivity index (χ0v) is 12.9. The lowest BCUT2D eigenvalue weighted by Crippen LogP contribution is -2.17. The molecule has 106 valence electrons. The van der Waals surface area contributed by atoms with Crippen LogP contribution in [0.1, 0.15) is 18.1 Å². The van der Waals surface area contributed by atoms with Gasteiger partial charge >= 0.3 is 0 Å². The summed E-state index contributed by atoms with van der Waals surface area (Å²) in [6.07, 6.45) is 4.72. The molecule has 0 aliphatic heterocycles. The standard InChI is InChI=1S/C16H20N2OS/c1-11-8-13(9-12(2)17)10-18-16(11)19-14-4-6-15(20-3)7-5-14/h4-8,10,12H,9,17H2,1-3H3. The first-order chi connectivity index (χ1) is 9.58. The van der Waals surface area contributed by atoms with Crippen molar-refractivity contribution in [2.75, 3.05) is 6.26 Å². The molecule has 0 fully saturated rings. The van der Waals surface area contributed by atoms with Crippen molar-refractivity contribution in [1.82, 2.24) is 4.98 Å². The van der Waals surface area contributed by atoms with Crippen LogP contribution in [0.2, 0.25) is 0 Å². The van der Waals surface area contributed by atoms with Crippen LogP contribution < -0.4 is 10.5 Å². The van der Waals surface area contributed by atoms with Gasteiger partial charge in [0, 0.05) is 22.7 Å². The summed E-state index contributed by atoms with van der Waals surface area (Å²) in [7, 11) is 0. The first kappa shape index (κ1) is 14.9. The molecule has 0 bridgehead atoms. The van der Waals surface area contributed by atoms with Gasteiger partial charge in [0.05, 0.1) is 0 Å². The zero-order chi connectivity index (χ0) is 14.5. The molecule has 1 aromatic heterocycles. The Morgan fingerprint density at radius 1 is 1.30 bits per heavy atom. The van der Waals surface area contributed by atoms with Crippen molar-refractivity contribution in [3.05, 3.63) is 47.7 Å². The number of nitrogens with zero attached hydrogens (tertiary/aromatic N) is 1. The molecule has 0 amide bonds. The van der Waals surface area contributed by atoms with Crippen molar-refractivity contribution in [2.45, 2.75) is 31.2 Å². The monoisotopic (exact) mass is 288 g/mol. The topological polar surface area (TPSA) is 48.1 Å². The number of ether oxygens (including phenoxy) is 1.